The van der Waals surface area contributed by atoms with Gasteiger partial charge in [-0.3, -0.25) is 33.9 Å². The van der Waals surface area contributed by atoms with E-state index in [1.54, 1.807) is 0 Å². The van der Waals surface area contributed by atoms with E-state index in [2.05, 4.69) is 26.1 Å². The van der Waals surface area contributed by atoms with Crippen molar-refractivity contribution in [2.24, 2.45) is 5.92 Å². The largest absolute Gasteiger partial charge is 0.508 e. The van der Waals surface area contributed by atoms with Crippen LogP contribution in [0.25, 0.3) is 0 Å². The molecule has 2 aliphatic rings. The fourth-order valence-corrected chi connectivity index (χ4v) is 8.44. The van der Waals surface area contributed by atoms with Crippen LogP contribution < -0.4 is 15.1 Å². The molecular formula is C32H28N4O7S2. The highest BCUT2D eigenvalue weighted by molar-refractivity contribution is 8.00. The maximum absolute atomic E-state index is 14.1. The molecule has 11 nitrogen and oxygen atoms in total. The first-order valence-electron chi connectivity index (χ1n) is 14.1. The van der Waals surface area contributed by atoms with Crippen LogP contribution in [-0.4, -0.2) is 37.6 Å². The highest BCUT2D eigenvalue weighted by Gasteiger charge is 2.56. The number of thiazole rings is 1. The number of benzene rings is 3. The van der Waals surface area contributed by atoms with Crippen LogP contribution in [-0.2, 0) is 26.3 Å². The van der Waals surface area contributed by atoms with Gasteiger partial charge in [0, 0.05) is 28.6 Å². The molecule has 3 heterocycles. The highest BCUT2D eigenvalue weighted by Crippen LogP contribution is 2.54. The van der Waals surface area contributed by atoms with Gasteiger partial charge in [-0.05, 0) is 52.9 Å². The minimum absolute atomic E-state index is 0.0437. The summed E-state index contributed by atoms with van der Waals surface area (Å²) >= 11 is 2.04. The number of non-ortho nitro benzene ring substituents is 1. The highest BCUT2D eigenvalue weighted by atomic mass is 32.2. The van der Waals surface area contributed by atoms with Gasteiger partial charge in [-0.15, -0.1) is 0 Å². The van der Waals surface area contributed by atoms with Crippen LogP contribution in [0, 0.1) is 16.0 Å². The molecule has 0 spiro atoms. The predicted molar refractivity (Wildman–Crippen MR) is 171 cm³/mol. The van der Waals surface area contributed by atoms with E-state index in [1.165, 1.54) is 53.1 Å². The Kier molecular flexibility index (Phi) is 7.61. The van der Waals surface area contributed by atoms with Gasteiger partial charge >= 0.3 is 4.87 Å². The van der Waals surface area contributed by atoms with Crippen LogP contribution in [0.4, 0.5) is 17.1 Å². The zero-order valence-corrected chi connectivity index (χ0v) is 26.1. The molecule has 45 heavy (non-hydrogen) atoms. The van der Waals surface area contributed by atoms with Crippen molar-refractivity contribution in [1.82, 2.24) is 4.57 Å². The molecule has 0 saturated carbocycles. The van der Waals surface area contributed by atoms with Crippen molar-refractivity contribution >= 4 is 57.9 Å². The summed E-state index contributed by atoms with van der Waals surface area (Å²) in [5.41, 5.74) is 2.20. The molecule has 4 aromatic rings. The summed E-state index contributed by atoms with van der Waals surface area (Å²) in [5, 5.41) is 23.0. The summed E-state index contributed by atoms with van der Waals surface area (Å²) in [6.07, 6.45) is 0. The monoisotopic (exact) mass is 644 g/mol. The number of nitro groups is 1. The molecule has 2 N–H and O–H groups in total. The molecule has 0 radical (unpaired) electrons. The van der Waals surface area contributed by atoms with Crippen molar-refractivity contribution in [2.45, 2.75) is 48.9 Å². The number of amides is 3. The number of aromatic hydroxyl groups is 1. The lowest BCUT2D eigenvalue weighted by Gasteiger charge is -2.31. The molecule has 13 heteroatoms. The van der Waals surface area contributed by atoms with Gasteiger partial charge in [0.1, 0.15) is 17.5 Å². The number of fused-ring (bicyclic) bond motifs is 2. The van der Waals surface area contributed by atoms with E-state index >= 15 is 0 Å². The van der Waals surface area contributed by atoms with Crippen LogP contribution >= 0.6 is 23.1 Å². The van der Waals surface area contributed by atoms with E-state index < -0.39 is 44.6 Å². The molecule has 2 unspecified atom stereocenters. The van der Waals surface area contributed by atoms with Gasteiger partial charge in [0.15, 0.2) is 0 Å². The van der Waals surface area contributed by atoms with Gasteiger partial charge in [0.25, 0.3) is 5.69 Å². The third kappa shape index (κ3) is 5.53. The number of nitrogens with zero attached hydrogens (tertiary/aromatic N) is 3. The number of carbonyl (C=O) groups is 3. The van der Waals surface area contributed by atoms with Gasteiger partial charge < -0.3 is 10.4 Å². The first-order chi connectivity index (χ1) is 21.3. The second-order valence-corrected chi connectivity index (χ2v) is 14.0. The number of imide groups is 1. The number of carbonyl (C=O) groups excluding carboxylic acids is 3. The van der Waals surface area contributed by atoms with E-state index in [0.29, 0.717) is 15.6 Å². The normalized spacial score (nSPS) is 19.3. The lowest BCUT2D eigenvalue weighted by molar-refractivity contribution is -0.384. The number of hydrogen-bond acceptors (Lipinski definition) is 9. The lowest BCUT2D eigenvalue weighted by atomic mass is 9.81. The van der Waals surface area contributed by atoms with E-state index in [1.807, 2.05) is 24.3 Å². The van der Waals surface area contributed by atoms with Crippen molar-refractivity contribution < 1.29 is 24.4 Å². The minimum Gasteiger partial charge on any atom is -0.508 e. The first-order valence-corrected chi connectivity index (χ1v) is 15.7. The molecule has 230 valence electrons. The molecule has 6 rings (SSSR count). The molecule has 0 bridgehead atoms. The predicted octanol–water partition coefficient (Wildman–Crippen LogP) is 5.26. The van der Waals surface area contributed by atoms with Crippen molar-refractivity contribution in [3.05, 3.63) is 109 Å². The van der Waals surface area contributed by atoms with Gasteiger partial charge in [-0.25, -0.2) is 4.90 Å². The minimum atomic E-state index is -0.895. The number of phenols is 1. The maximum atomic E-state index is 14.1. The van der Waals surface area contributed by atoms with Crippen molar-refractivity contribution in [3.63, 3.8) is 0 Å². The number of phenolic OH excluding ortho intramolecular Hbond substituents is 1. The van der Waals surface area contributed by atoms with E-state index in [9.17, 15) is 34.4 Å². The standard InChI is InChI=1S/C32H28N4O7S2/c1-32(2,3)18-6-4-17(5-7-18)24-25-26(29(40)35(28(25)39)20-10-12-21(13-11-20)36(42)43)44-30-27(24)45-31(41)34(30)16-23(38)33-19-8-14-22(37)15-9-19/h4-15,24-26,37H,16H2,1-3H3,(H,33,38)/t24-,25?,26?/m1/s1. The first kappa shape index (κ1) is 30.3. The number of nitro benzene ring substituents is 1. The van der Waals surface area contributed by atoms with Crippen molar-refractivity contribution in [3.8, 4) is 5.75 Å². The quantitative estimate of drug-likeness (QED) is 0.125. The maximum Gasteiger partial charge on any atom is 0.308 e. The van der Waals surface area contributed by atoms with E-state index in [0.717, 1.165) is 39.1 Å². The molecule has 3 amide bonds. The summed E-state index contributed by atoms with van der Waals surface area (Å²) in [7, 11) is 0. The zero-order chi connectivity index (χ0) is 32.2. The summed E-state index contributed by atoms with van der Waals surface area (Å²) in [6, 6.07) is 19.0. The van der Waals surface area contributed by atoms with E-state index in [-0.39, 0.29) is 29.1 Å². The molecule has 1 aromatic heterocycles. The molecular weight excluding hydrogens is 617 g/mol. The fourth-order valence-electron chi connectivity index (χ4n) is 5.67. The van der Waals surface area contributed by atoms with Gasteiger partial charge in [-0.1, -0.05) is 68.1 Å². The number of hydrogen-bond donors (Lipinski definition) is 2. The van der Waals surface area contributed by atoms with Crippen molar-refractivity contribution in [2.75, 3.05) is 10.2 Å². The number of rotatable bonds is 6. The average Bonchev–Trinajstić information content (AvgIpc) is 3.44. The Balaban J connectivity index is 1.41. The summed E-state index contributed by atoms with van der Waals surface area (Å²) in [6.45, 7) is 5.94. The lowest BCUT2D eigenvalue weighted by Crippen LogP contribution is -2.33. The Labute approximate surface area is 265 Å². The topological polar surface area (TPSA) is 152 Å². The van der Waals surface area contributed by atoms with Crippen LogP contribution in [0.15, 0.2) is 82.6 Å². The number of anilines is 2. The Morgan fingerprint density at radius 1 is 0.956 bits per heavy atom. The SMILES string of the molecule is CC(C)(C)c1ccc([C@H]2c3sc(=O)n(CC(=O)Nc4ccc(O)cc4)c3SC3C(=O)N(c4ccc([N+](=O)[O-])cc4)C(=O)C32)cc1. The molecule has 1 fully saturated rings. The molecule has 2 aliphatic heterocycles. The van der Waals surface area contributed by atoms with Gasteiger partial charge in [-0.2, -0.15) is 0 Å². The molecule has 3 atom stereocenters. The smallest absolute Gasteiger partial charge is 0.308 e. The van der Waals surface area contributed by atoms with Gasteiger partial charge in [0.2, 0.25) is 17.7 Å². The Morgan fingerprint density at radius 3 is 2.20 bits per heavy atom. The molecule has 1 saturated heterocycles. The number of aromatic nitrogens is 1. The summed E-state index contributed by atoms with van der Waals surface area (Å²) in [4.78, 5) is 66.3. The number of thioether (sulfide) groups is 1. The Hall–Kier alpha value is -4.75. The van der Waals surface area contributed by atoms with Gasteiger partial charge in [0.05, 0.1) is 21.6 Å². The Morgan fingerprint density at radius 2 is 1.60 bits per heavy atom. The summed E-state index contributed by atoms with van der Waals surface area (Å²) < 4.78 is 1.33. The summed E-state index contributed by atoms with van der Waals surface area (Å²) in [5.74, 6) is -2.87. The third-order valence-electron chi connectivity index (χ3n) is 7.96. The fraction of sp³-hybridized carbons (Fsp3) is 0.250. The number of nitrogens with one attached hydrogen (secondary N) is 1. The molecule has 3 aromatic carbocycles. The van der Waals surface area contributed by atoms with Crippen LogP contribution in [0.2, 0.25) is 0 Å². The third-order valence-corrected chi connectivity index (χ3v) is 10.6. The van der Waals surface area contributed by atoms with Crippen LogP contribution in [0.3, 0.4) is 0 Å². The Bertz CT molecular complexity index is 1890. The second-order valence-electron chi connectivity index (χ2n) is 11.9. The second kappa shape index (κ2) is 11.3. The van der Waals surface area contributed by atoms with Crippen LogP contribution in [0.1, 0.15) is 42.7 Å². The molecule has 0 aliphatic carbocycles. The average molecular weight is 645 g/mol. The van der Waals surface area contributed by atoms with Crippen molar-refractivity contribution in [1.29, 1.82) is 0 Å². The van der Waals surface area contributed by atoms with Crippen LogP contribution in [0.5, 0.6) is 5.75 Å². The van der Waals surface area contributed by atoms with E-state index in [4.69, 9.17) is 0 Å². The zero-order valence-electron chi connectivity index (χ0n) is 24.4.